The molecule has 2 rings (SSSR count). The summed E-state index contributed by atoms with van der Waals surface area (Å²) < 4.78 is 11.4. The van der Waals surface area contributed by atoms with Crippen molar-refractivity contribution < 1.29 is 14.3 Å². The molecule has 22 heavy (non-hydrogen) atoms. The molecule has 0 saturated heterocycles. The molecule has 4 nitrogen and oxygen atoms in total. The second kappa shape index (κ2) is 7.61. The molecule has 0 aliphatic carbocycles. The van der Waals surface area contributed by atoms with Gasteiger partial charge in [0.1, 0.15) is 17.9 Å². The van der Waals surface area contributed by atoms with Gasteiger partial charge in [-0.25, -0.2) is 0 Å². The average molecular weight is 299 g/mol. The lowest BCUT2D eigenvalue weighted by Gasteiger charge is -2.26. The molecule has 0 aliphatic heterocycles. The smallest absolute Gasteiger partial charge is 0.323 e. The molecule has 0 saturated carbocycles. The van der Waals surface area contributed by atoms with Crippen molar-refractivity contribution in [2.45, 2.75) is 32.1 Å². The fourth-order valence-electron chi connectivity index (χ4n) is 2.08. The summed E-state index contributed by atoms with van der Waals surface area (Å²) in [5.41, 5.74) is 6.50. The van der Waals surface area contributed by atoms with Crippen LogP contribution in [0, 0.1) is 0 Å². The zero-order chi connectivity index (χ0) is 15.9. The van der Waals surface area contributed by atoms with Crippen LogP contribution in [0.3, 0.4) is 0 Å². The summed E-state index contributed by atoms with van der Waals surface area (Å²) >= 11 is 0. The number of hydrogen-bond acceptors (Lipinski definition) is 4. The number of nitrogens with two attached hydrogens (primary N) is 1. The predicted octanol–water partition coefficient (Wildman–Crippen LogP) is 3.09. The van der Waals surface area contributed by atoms with E-state index in [9.17, 15) is 4.79 Å². The van der Waals surface area contributed by atoms with Crippen LogP contribution in [0.15, 0.2) is 60.7 Å². The van der Waals surface area contributed by atoms with Crippen LogP contribution in [0.5, 0.6) is 5.75 Å². The normalized spacial score (nSPS) is 14.7. The number of carbonyl (C=O) groups is 1. The van der Waals surface area contributed by atoms with E-state index in [2.05, 4.69) is 0 Å². The van der Waals surface area contributed by atoms with Crippen LogP contribution in [0.25, 0.3) is 0 Å². The first-order valence-corrected chi connectivity index (χ1v) is 7.30. The van der Waals surface area contributed by atoms with Gasteiger partial charge in [0.2, 0.25) is 0 Å². The molecular formula is C18H21NO3. The van der Waals surface area contributed by atoms with E-state index in [0.29, 0.717) is 0 Å². The van der Waals surface area contributed by atoms with E-state index in [1.165, 1.54) is 0 Å². The molecule has 0 heterocycles. The van der Waals surface area contributed by atoms with Crippen LogP contribution in [0.4, 0.5) is 0 Å². The van der Waals surface area contributed by atoms with Crippen molar-refractivity contribution in [3.63, 3.8) is 0 Å². The number of hydrogen-bond donors (Lipinski definition) is 1. The van der Waals surface area contributed by atoms with E-state index >= 15 is 0 Å². The molecular weight excluding hydrogens is 278 g/mol. The summed E-state index contributed by atoms with van der Waals surface area (Å²) in [7, 11) is 0. The van der Waals surface area contributed by atoms with Crippen molar-refractivity contribution in [1.29, 1.82) is 0 Å². The summed E-state index contributed by atoms with van der Waals surface area (Å²) in [6, 6.07) is 18.5. The third-order valence-electron chi connectivity index (χ3n) is 3.23. The van der Waals surface area contributed by atoms with E-state index in [-0.39, 0.29) is 0 Å². The Kier molecular flexibility index (Phi) is 5.55. The molecule has 116 valence electrons. The van der Waals surface area contributed by atoms with Gasteiger partial charge in [-0.15, -0.1) is 0 Å². The molecule has 0 spiro atoms. The Balaban J connectivity index is 2.20. The number of para-hydroxylation sites is 1. The van der Waals surface area contributed by atoms with Gasteiger partial charge in [-0.05, 0) is 31.5 Å². The third kappa shape index (κ3) is 4.33. The van der Waals surface area contributed by atoms with Gasteiger partial charge in [0.15, 0.2) is 6.10 Å². The van der Waals surface area contributed by atoms with Crippen LogP contribution >= 0.6 is 0 Å². The lowest BCUT2D eigenvalue weighted by Crippen LogP contribution is -2.34. The Labute approximate surface area is 130 Å². The minimum atomic E-state index is -0.657. The van der Waals surface area contributed by atoms with Gasteiger partial charge >= 0.3 is 5.97 Å². The Morgan fingerprint density at radius 2 is 1.50 bits per heavy atom. The molecule has 0 amide bonds. The molecule has 0 bridgehead atoms. The van der Waals surface area contributed by atoms with Crippen LogP contribution in [0.2, 0.25) is 0 Å². The molecule has 0 radical (unpaired) electrons. The van der Waals surface area contributed by atoms with Gasteiger partial charge in [-0.1, -0.05) is 48.5 Å². The maximum atomic E-state index is 11.7. The lowest BCUT2D eigenvalue weighted by molar-refractivity contribution is -0.154. The number of rotatable bonds is 6. The molecule has 0 unspecified atom stereocenters. The molecule has 2 N–H and O–H groups in total. The number of ether oxygens (including phenoxy) is 2. The highest BCUT2D eigenvalue weighted by atomic mass is 16.6. The second-order valence-electron chi connectivity index (χ2n) is 5.19. The molecule has 2 aromatic rings. The van der Waals surface area contributed by atoms with Crippen molar-refractivity contribution in [2.75, 3.05) is 0 Å². The molecule has 0 aromatic heterocycles. The second-order valence-corrected chi connectivity index (χ2v) is 5.19. The molecule has 4 heteroatoms. The zero-order valence-corrected chi connectivity index (χ0v) is 12.8. The van der Waals surface area contributed by atoms with E-state index in [1.54, 1.807) is 13.8 Å². The van der Waals surface area contributed by atoms with Crippen molar-refractivity contribution in [3.05, 3.63) is 66.2 Å². The fourth-order valence-corrected chi connectivity index (χ4v) is 2.08. The van der Waals surface area contributed by atoms with E-state index in [0.717, 1.165) is 11.3 Å². The van der Waals surface area contributed by atoms with Crippen molar-refractivity contribution in [2.24, 2.45) is 5.73 Å². The predicted molar refractivity (Wildman–Crippen MR) is 85.5 cm³/mol. The maximum absolute atomic E-state index is 11.7. The Bertz CT molecular complexity index is 584. The minimum Gasteiger partial charge on any atom is -0.482 e. The summed E-state index contributed by atoms with van der Waals surface area (Å²) in [5.74, 6) is 0.283. The first-order valence-electron chi connectivity index (χ1n) is 7.30. The number of esters is 1. The van der Waals surface area contributed by atoms with Crippen molar-refractivity contribution in [3.8, 4) is 5.75 Å². The van der Waals surface area contributed by atoms with E-state index < -0.39 is 24.2 Å². The average Bonchev–Trinajstić information content (AvgIpc) is 2.54. The van der Waals surface area contributed by atoms with Gasteiger partial charge in [0, 0.05) is 0 Å². The van der Waals surface area contributed by atoms with Crippen LogP contribution in [-0.4, -0.2) is 18.1 Å². The largest absolute Gasteiger partial charge is 0.482 e. The van der Waals surface area contributed by atoms with E-state index in [1.807, 2.05) is 60.7 Å². The Morgan fingerprint density at radius 3 is 2.05 bits per heavy atom. The Hall–Kier alpha value is -2.33. The molecule has 0 fully saturated rings. The topological polar surface area (TPSA) is 61.6 Å². The standard InChI is InChI=1S/C18H21NO3/c1-13(19)18(20)21-14(2)17(15-9-5-3-6-10-15)22-16-11-7-4-8-12-16/h3-14,17H,19H2,1-2H3/t13-,14-,17-/m1/s1. The molecule has 2 aromatic carbocycles. The first-order chi connectivity index (χ1) is 10.6. The van der Waals surface area contributed by atoms with Crippen LogP contribution in [-0.2, 0) is 9.53 Å². The molecule has 0 aliphatic rings. The highest BCUT2D eigenvalue weighted by molar-refractivity contribution is 5.75. The zero-order valence-electron chi connectivity index (χ0n) is 12.8. The summed E-state index contributed by atoms with van der Waals surface area (Å²) in [6.45, 7) is 3.41. The summed E-state index contributed by atoms with van der Waals surface area (Å²) in [4.78, 5) is 11.7. The quantitative estimate of drug-likeness (QED) is 0.833. The number of benzene rings is 2. The fraction of sp³-hybridized carbons (Fsp3) is 0.278. The number of carbonyl (C=O) groups excluding carboxylic acids is 1. The van der Waals surface area contributed by atoms with Gasteiger partial charge in [-0.2, -0.15) is 0 Å². The SMILES string of the molecule is C[C@@H](N)C(=O)O[C@H](C)[C@@H](Oc1ccccc1)c1ccccc1. The summed E-state index contributed by atoms with van der Waals surface area (Å²) in [6.07, 6.45) is -0.854. The Morgan fingerprint density at radius 1 is 0.955 bits per heavy atom. The first kappa shape index (κ1) is 16.0. The lowest BCUT2D eigenvalue weighted by atomic mass is 10.0. The molecule has 3 atom stereocenters. The minimum absolute atomic E-state index is 0.397. The van der Waals surface area contributed by atoms with Gasteiger partial charge in [-0.3, -0.25) is 4.79 Å². The summed E-state index contributed by atoms with van der Waals surface area (Å²) in [5, 5.41) is 0. The monoisotopic (exact) mass is 299 g/mol. The van der Waals surface area contributed by atoms with Crippen molar-refractivity contribution in [1.82, 2.24) is 0 Å². The van der Waals surface area contributed by atoms with Crippen LogP contribution in [0.1, 0.15) is 25.5 Å². The maximum Gasteiger partial charge on any atom is 0.323 e. The van der Waals surface area contributed by atoms with Crippen molar-refractivity contribution >= 4 is 5.97 Å². The third-order valence-corrected chi connectivity index (χ3v) is 3.23. The highest BCUT2D eigenvalue weighted by Gasteiger charge is 2.25. The highest BCUT2D eigenvalue weighted by Crippen LogP contribution is 2.26. The van der Waals surface area contributed by atoms with Gasteiger partial charge < -0.3 is 15.2 Å². The van der Waals surface area contributed by atoms with Crippen LogP contribution < -0.4 is 10.5 Å². The van der Waals surface area contributed by atoms with Gasteiger partial charge in [0.05, 0.1) is 0 Å². The van der Waals surface area contributed by atoms with E-state index in [4.69, 9.17) is 15.2 Å². The van der Waals surface area contributed by atoms with Gasteiger partial charge in [0.25, 0.3) is 0 Å².